The molecule has 2 aliphatic rings. The van der Waals surface area contributed by atoms with Crippen LogP contribution >= 0.6 is 0 Å². The predicted octanol–water partition coefficient (Wildman–Crippen LogP) is 4.22. The Morgan fingerprint density at radius 2 is 1.59 bits per heavy atom. The summed E-state index contributed by atoms with van der Waals surface area (Å²) < 4.78 is 5.99. The summed E-state index contributed by atoms with van der Waals surface area (Å²) in [6.45, 7) is 5.60. The number of ether oxygens (including phenoxy) is 1. The molecule has 1 aliphatic heterocycles. The number of hydrogen-bond acceptors (Lipinski definition) is 5. The first-order valence-corrected chi connectivity index (χ1v) is 12.1. The highest BCUT2D eigenvalue weighted by molar-refractivity contribution is 5.92. The van der Waals surface area contributed by atoms with Crippen LogP contribution in [0.5, 0.6) is 5.75 Å². The molecule has 6 heteroatoms. The Morgan fingerprint density at radius 1 is 0.941 bits per heavy atom. The van der Waals surface area contributed by atoms with Crippen LogP contribution in [0, 0.1) is 6.92 Å². The van der Waals surface area contributed by atoms with Crippen LogP contribution in [-0.2, 0) is 12.0 Å². The van der Waals surface area contributed by atoms with Gasteiger partial charge in [-0.15, -0.1) is 0 Å². The van der Waals surface area contributed by atoms with E-state index >= 15 is 0 Å². The molecule has 2 fully saturated rings. The number of piperazine rings is 1. The summed E-state index contributed by atoms with van der Waals surface area (Å²) in [5.74, 6) is 0.730. The number of rotatable bonds is 6. The minimum absolute atomic E-state index is 0.0614. The standard InChI is InChI=1S/C28H32N4O2/c1-21-4-6-22(7-5-21)28(12-3-13-28)23-8-10-25(11-9-23)34-20-24-18-29-19-26(30-24)27(33)32-16-14-31(2)15-17-32/h4-11,18-19H,3,12-17,20H2,1-2H3. The molecule has 0 radical (unpaired) electrons. The van der Waals surface area contributed by atoms with Gasteiger partial charge >= 0.3 is 0 Å². The lowest BCUT2D eigenvalue weighted by Crippen LogP contribution is -2.47. The van der Waals surface area contributed by atoms with Crippen molar-refractivity contribution in [2.45, 2.75) is 38.2 Å². The summed E-state index contributed by atoms with van der Waals surface area (Å²) in [5.41, 5.74) is 5.18. The maximum Gasteiger partial charge on any atom is 0.274 e. The molecule has 0 atom stereocenters. The molecule has 0 bridgehead atoms. The van der Waals surface area contributed by atoms with Crippen LogP contribution in [0.15, 0.2) is 60.9 Å². The molecule has 2 heterocycles. The molecule has 1 saturated carbocycles. The van der Waals surface area contributed by atoms with Gasteiger partial charge in [-0.3, -0.25) is 9.78 Å². The predicted molar refractivity (Wildman–Crippen MR) is 132 cm³/mol. The molecule has 176 valence electrons. The molecular weight excluding hydrogens is 424 g/mol. The molecule has 1 aliphatic carbocycles. The molecular formula is C28H32N4O2. The topological polar surface area (TPSA) is 58.6 Å². The molecule has 34 heavy (non-hydrogen) atoms. The lowest BCUT2D eigenvalue weighted by molar-refractivity contribution is 0.0657. The first-order chi connectivity index (χ1) is 16.5. The van der Waals surface area contributed by atoms with E-state index < -0.39 is 0 Å². The van der Waals surface area contributed by atoms with E-state index in [-0.39, 0.29) is 17.9 Å². The van der Waals surface area contributed by atoms with Crippen molar-refractivity contribution < 1.29 is 9.53 Å². The minimum Gasteiger partial charge on any atom is -0.487 e. The van der Waals surface area contributed by atoms with Gasteiger partial charge in [0.1, 0.15) is 18.1 Å². The minimum atomic E-state index is -0.0614. The van der Waals surface area contributed by atoms with Gasteiger partial charge in [-0.05, 0) is 50.1 Å². The fraction of sp³-hybridized carbons (Fsp3) is 0.393. The summed E-state index contributed by atoms with van der Waals surface area (Å²) in [5, 5.41) is 0. The van der Waals surface area contributed by atoms with E-state index in [0.717, 1.165) is 18.8 Å². The van der Waals surface area contributed by atoms with Crippen molar-refractivity contribution in [3.05, 3.63) is 89.0 Å². The van der Waals surface area contributed by atoms with Crippen molar-refractivity contribution in [2.75, 3.05) is 33.2 Å². The van der Waals surface area contributed by atoms with Crippen LogP contribution in [0.4, 0.5) is 0 Å². The first-order valence-electron chi connectivity index (χ1n) is 12.1. The third kappa shape index (κ3) is 4.55. The zero-order valence-electron chi connectivity index (χ0n) is 20.0. The average Bonchev–Trinajstić information content (AvgIpc) is 2.84. The first kappa shape index (κ1) is 22.5. The Hall–Kier alpha value is -3.25. The molecule has 3 aromatic rings. The monoisotopic (exact) mass is 456 g/mol. The zero-order valence-corrected chi connectivity index (χ0v) is 20.0. The summed E-state index contributed by atoms with van der Waals surface area (Å²) in [6.07, 6.45) is 6.83. The second kappa shape index (κ2) is 9.55. The Labute approximate surface area is 201 Å². The van der Waals surface area contributed by atoms with Crippen LogP contribution < -0.4 is 4.74 Å². The molecule has 5 rings (SSSR count). The summed E-state index contributed by atoms with van der Waals surface area (Å²) in [7, 11) is 2.07. The fourth-order valence-corrected chi connectivity index (χ4v) is 4.92. The number of aromatic nitrogens is 2. The molecule has 0 unspecified atom stereocenters. The van der Waals surface area contributed by atoms with Crippen molar-refractivity contribution in [3.8, 4) is 5.75 Å². The van der Waals surface area contributed by atoms with Crippen LogP contribution in [0.1, 0.15) is 52.1 Å². The molecule has 6 nitrogen and oxygen atoms in total. The SMILES string of the molecule is Cc1ccc(C2(c3ccc(OCc4cncc(C(=O)N5CCN(C)CC5)n4)cc3)CCC2)cc1. The second-order valence-corrected chi connectivity index (χ2v) is 9.61. The van der Waals surface area contributed by atoms with Gasteiger partial charge in [-0.2, -0.15) is 0 Å². The molecule has 0 N–H and O–H groups in total. The largest absolute Gasteiger partial charge is 0.487 e. The van der Waals surface area contributed by atoms with Gasteiger partial charge in [-0.25, -0.2) is 4.98 Å². The van der Waals surface area contributed by atoms with Crippen LogP contribution in [-0.4, -0.2) is 58.9 Å². The molecule has 1 aromatic heterocycles. The van der Waals surface area contributed by atoms with Gasteiger partial charge in [0, 0.05) is 31.6 Å². The van der Waals surface area contributed by atoms with Gasteiger partial charge in [0.05, 0.1) is 18.1 Å². The fourth-order valence-electron chi connectivity index (χ4n) is 4.92. The van der Waals surface area contributed by atoms with Crippen LogP contribution in [0.2, 0.25) is 0 Å². The quantitative estimate of drug-likeness (QED) is 0.556. The van der Waals surface area contributed by atoms with Crippen molar-refractivity contribution >= 4 is 5.91 Å². The molecule has 2 aromatic carbocycles. The van der Waals surface area contributed by atoms with E-state index in [9.17, 15) is 4.79 Å². The Kier molecular flexibility index (Phi) is 6.33. The van der Waals surface area contributed by atoms with Crippen molar-refractivity contribution in [2.24, 2.45) is 0 Å². The smallest absolute Gasteiger partial charge is 0.274 e. The van der Waals surface area contributed by atoms with E-state index in [0.29, 0.717) is 24.5 Å². The number of hydrogen-bond donors (Lipinski definition) is 0. The maximum absolute atomic E-state index is 12.8. The van der Waals surface area contributed by atoms with E-state index in [1.54, 1.807) is 12.4 Å². The third-order valence-corrected chi connectivity index (χ3v) is 7.30. The Bertz CT molecular complexity index is 1130. The van der Waals surface area contributed by atoms with Crippen molar-refractivity contribution in [3.63, 3.8) is 0 Å². The second-order valence-electron chi connectivity index (χ2n) is 9.61. The highest BCUT2D eigenvalue weighted by Crippen LogP contribution is 2.49. The number of carbonyl (C=O) groups excluding carboxylic acids is 1. The van der Waals surface area contributed by atoms with E-state index in [2.05, 4.69) is 65.2 Å². The van der Waals surface area contributed by atoms with Gasteiger partial charge in [0.25, 0.3) is 5.91 Å². The van der Waals surface area contributed by atoms with Crippen molar-refractivity contribution in [1.82, 2.24) is 19.8 Å². The Morgan fingerprint density at radius 3 is 2.21 bits per heavy atom. The third-order valence-electron chi connectivity index (χ3n) is 7.30. The summed E-state index contributed by atoms with van der Waals surface area (Å²) in [6, 6.07) is 17.4. The van der Waals surface area contributed by atoms with Gasteiger partial charge in [0.15, 0.2) is 0 Å². The molecule has 1 saturated heterocycles. The summed E-state index contributed by atoms with van der Waals surface area (Å²) in [4.78, 5) is 25.6. The van der Waals surface area contributed by atoms with Crippen LogP contribution in [0.3, 0.4) is 0 Å². The van der Waals surface area contributed by atoms with E-state index in [1.807, 2.05) is 17.0 Å². The zero-order chi connectivity index (χ0) is 23.5. The number of benzene rings is 2. The molecule has 1 amide bonds. The number of nitrogens with zero attached hydrogens (tertiary/aromatic N) is 4. The van der Waals surface area contributed by atoms with Gasteiger partial charge in [-0.1, -0.05) is 48.4 Å². The number of aryl methyl sites for hydroxylation is 1. The normalized spacial score (nSPS) is 17.8. The van der Waals surface area contributed by atoms with E-state index in [1.165, 1.54) is 36.0 Å². The average molecular weight is 457 g/mol. The summed E-state index contributed by atoms with van der Waals surface area (Å²) >= 11 is 0. The number of amides is 1. The van der Waals surface area contributed by atoms with Gasteiger partial charge < -0.3 is 14.5 Å². The maximum atomic E-state index is 12.8. The highest BCUT2D eigenvalue weighted by atomic mass is 16.5. The number of carbonyl (C=O) groups is 1. The van der Waals surface area contributed by atoms with E-state index in [4.69, 9.17) is 4.74 Å². The van der Waals surface area contributed by atoms with Crippen molar-refractivity contribution in [1.29, 1.82) is 0 Å². The number of likely N-dealkylation sites (N-methyl/N-ethyl adjacent to an activating group) is 1. The lowest BCUT2D eigenvalue weighted by Gasteiger charge is -2.43. The van der Waals surface area contributed by atoms with Gasteiger partial charge in [0.2, 0.25) is 0 Å². The lowest BCUT2D eigenvalue weighted by atomic mass is 9.60. The van der Waals surface area contributed by atoms with Crippen LogP contribution in [0.25, 0.3) is 0 Å². The highest BCUT2D eigenvalue weighted by Gasteiger charge is 2.40. The molecule has 0 spiro atoms. The Balaban J connectivity index is 1.23.